The molecule has 0 spiro atoms. The van der Waals surface area contributed by atoms with Crippen molar-refractivity contribution in [3.63, 3.8) is 0 Å². The Morgan fingerprint density at radius 2 is 0.974 bits per heavy atom. The number of hydrogen-bond acceptors (Lipinski definition) is 2. The first kappa shape index (κ1) is 26.6. The molecule has 0 N–H and O–H groups in total. The number of rotatable bonds is 4. The van der Waals surface area contributed by atoms with Crippen LogP contribution in [-0.4, -0.2) is 0 Å². The van der Waals surface area contributed by atoms with Crippen molar-refractivity contribution in [1.82, 2.24) is 0 Å². The fourth-order valence-electron chi connectivity index (χ4n) is 6.33. The maximum atomic E-state index is 6.33. The molecule has 0 fully saturated rings. The third kappa shape index (κ3) is 4.72. The van der Waals surface area contributed by atoms with Crippen LogP contribution in [-0.2, 0) is 34.1 Å². The second-order valence-corrected chi connectivity index (χ2v) is 16.7. The Bertz CT molecular complexity index is 1510. The SMILES string of the molecule is Cc1ccc(C2[C]([Zr][C]3=Cc4c(cccc4C(C)(C)C)C3c3ccc(C)o3)=Cc3c2cccc3C(C)(C)C)o1. The van der Waals surface area contributed by atoms with Crippen LogP contribution in [0.2, 0.25) is 0 Å². The second-order valence-electron chi connectivity index (χ2n) is 13.2. The molecule has 0 aliphatic heterocycles. The summed E-state index contributed by atoms with van der Waals surface area (Å²) in [5.41, 5.74) is 8.57. The van der Waals surface area contributed by atoms with Gasteiger partial charge in [-0.2, -0.15) is 0 Å². The van der Waals surface area contributed by atoms with Crippen LogP contribution in [0.5, 0.6) is 0 Å². The van der Waals surface area contributed by atoms with Gasteiger partial charge >= 0.3 is 246 Å². The van der Waals surface area contributed by atoms with E-state index < -0.39 is 23.2 Å². The third-order valence-electron chi connectivity index (χ3n) is 8.12. The van der Waals surface area contributed by atoms with Gasteiger partial charge in [0.25, 0.3) is 0 Å². The van der Waals surface area contributed by atoms with Crippen molar-refractivity contribution < 1.29 is 32.1 Å². The molecule has 0 saturated carbocycles. The average molecular weight is 594 g/mol. The summed E-state index contributed by atoms with van der Waals surface area (Å²) in [7, 11) is 0. The van der Waals surface area contributed by atoms with E-state index in [1.54, 1.807) is 6.56 Å². The molecular weight excluding hydrogens is 556 g/mol. The molecule has 2 aliphatic rings. The van der Waals surface area contributed by atoms with Gasteiger partial charge in [0.15, 0.2) is 0 Å². The van der Waals surface area contributed by atoms with E-state index in [-0.39, 0.29) is 22.7 Å². The molecule has 2 nitrogen and oxygen atoms in total. The van der Waals surface area contributed by atoms with E-state index in [1.807, 2.05) is 13.8 Å². The zero-order chi connectivity index (χ0) is 27.7. The molecule has 0 saturated heterocycles. The van der Waals surface area contributed by atoms with Crippen molar-refractivity contribution in [2.24, 2.45) is 0 Å². The molecule has 4 aromatic rings. The number of hydrogen-bond donors (Lipinski definition) is 0. The fourth-order valence-corrected chi connectivity index (χ4v) is 10.4. The average Bonchev–Trinajstić information content (AvgIpc) is 3.62. The Morgan fingerprint density at radius 3 is 1.31 bits per heavy atom. The maximum absolute atomic E-state index is 6.33. The van der Waals surface area contributed by atoms with Crippen molar-refractivity contribution in [3.05, 3.63) is 124 Å². The topological polar surface area (TPSA) is 26.3 Å². The number of aryl methyl sites for hydroxylation is 2. The molecule has 6 rings (SSSR count). The van der Waals surface area contributed by atoms with Crippen LogP contribution in [0.1, 0.15) is 110 Å². The van der Waals surface area contributed by atoms with E-state index in [9.17, 15) is 0 Å². The normalized spacial score (nSPS) is 18.6. The molecule has 0 amide bonds. The van der Waals surface area contributed by atoms with Gasteiger partial charge in [0.05, 0.1) is 0 Å². The van der Waals surface area contributed by atoms with E-state index in [0.717, 1.165) is 23.0 Å². The summed E-state index contributed by atoms with van der Waals surface area (Å²) >= 11 is -1.23. The number of furan rings is 2. The van der Waals surface area contributed by atoms with Gasteiger partial charge in [0.1, 0.15) is 0 Å². The summed E-state index contributed by atoms with van der Waals surface area (Å²) in [5.74, 6) is 4.46. The quantitative estimate of drug-likeness (QED) is 0.235. The summed E-state index contributed by atoms with van der Waals surface area (Å²) in [5, 5.41) is 0. The van der Waals surface area contributed by atoms with Gasteiger partial charge in [-0.25, -0.2) is 0 Å². The van der Waals surface area contributed by atoms with E-state index in [0.29, 0.717) is 0 Å². The summed E-state index contributed by atoms with van der Waals surface area (Å²) in [6.45, 7) is 18.0. The van der Waals surface area contributed by atoms with Crippen molar-refractivity contribution in [3.8, 4) is 0 Å². The first-order chi connectivity index (χ1) is 18.4. The summed E-state index contributed by atoms with van der Waals surface area (Å²) in [6.07, 6.45) is 5.06. The van der Waals surface area contributed by atoms with Crippen molar-refractivity contribution >= 4 is 12.2 Å². The Morgan fingerprint density at radius 1 is 0.564 bits per heavy atom. The third-order valence-corrected chi connectivity index (χ3v) is 11.7. The molecule has 39 heavy (non-hydrogen) atoms. The molecule has 0 radical (unpaired) electrons. The van der Waals surface area contributed by atoms with Gasteiger partial charge < -0.3 is 0 Å². The number of fused-ring (bicyclic) bond motifs is 2. The van der Waals surface area contributed by atoms with E-state index >= 15 is 0 Å². The molecule has 2 heterocycles. The minimum absolute atomic E-state index is 0.0741. The molecule has 3 heteroatoms. The predicted octanol–water partition coefficient (Wildman–Crippen LogP) is 9.84. The van der Waals surface area contributed by atoms with Crippen molar-refractivity contribution in [2.45, 2.75) is 78.1 Å². The molecule has 2 aliphatic carbocycles. The van der Waals surface area contributed by atoms with Crippen LogP contribution in [0.15, 0.2) is 76.1 Å². The van der Waals surface area contributed by atoms with Crippen LogP contribution >= 0.6 is 0 Å². The van der Waals surface area contributed by atoms with Crippen LogP contribution in [0, 0.1) is 13.8 Å². The van der Waals surface area contributed by atoms with Crippen LogP contribution < -0.4 is 0 Å². The second kappa shape index (κ2) is 9.48. The minimum atomic E-state index is -1.23. The summed E-state index contributed by atoms with van der Waals surface area (Å²) in [4.78, 5) is 0. The van der Waals surface area contributed by atoms with Crippen LogP contribution in [0.4, 0.5) is 0 Å². The van der Waals surface area contributed by atoms with Gasteiger partial charge in [-0.1, -0.05) is 0 Å². The Balaban J connectivity index is 1.50. The standard InChI is InChI=1S/2C18H19O.Zr/c2*1-12-8-11-17(19-12)15-10-9-14-13(15)6-5-7-16(14)18(2,3)4;/h2*5-9,11,15H,1-4H3;. The van der Waals surface area contributed by atoms with E-state index in [1.165, 1.54) is 33.4 Å². The predicted molar refractivity (Wildman–Crippen MR) is 157 cm³/mol. The number of allylic oxidation sites excluding steroid dienone is 2. The molecule has 198 valence electrons. The first-order valence-electron chi connectivity index (χ1n) is 14.0. The Labute approximate surface area is 244 Å². The van der Waals surface area contributed by atoms with Gasteiger partial charge in [-0.15, -0.1) is 0 Å². The molecule has 2 unspecified atom stereocenters. The molecule has 2 aromatic heterocycles. The molecule has 2 aromatic carbocycles. The number of benzene rings is 2. The Hall–Kier alpha value is -2.64. The Kier molecular flexibility index (Phi) is 6.46. The van der Waals surface area contributed by atoms with E-state index in [4.69, 9.17) is 8.83 Å². The van der Waals surface area contributed by atoms with Gasteiger partial charge in [-0.3, -0.25) is 0 Å². The van der Waals surface area contributed by atoms with Crippen molar-refractivity contribution in [2.75, 3.05) is 0 Å². The summed E-state index contributed by atoms with van der Waals surface area (Å²) < 4.78 is 15.8. The zero-order valence-corrected chi connectivity index (χ0v) is 26.9. The molecule has 0 bridgehead atoms. The van der Waals surface area contributed by atoms with Crippen molar-refractivity contribution in [1.29, 1.82) is 0 Å². The zero-order valence-electron chi connectivity index (χ0n) is 24.4. The van der Waals surface area contributed by atoms with Crippen LogP contribution in [0.25, 0.3) is 12.2 Å². The molecular formula is C36H38O2Zr. The van der Waals surface area contributed by atoms with Gasteiger partial charge in [-0.05, 0) is 0 Å². The first-order valence-corrected chi connectivity index (χ1v) is 16.5. The van der Waals surface area contributed by atoms with Crippen LogP contribution in [0.3, 0.4) is 0 Å². The fraction of sp³-hybridized carbons (Fsp3) is 0.333. The van der Waals surface area contributed by atoms with Gasteiger partial charge in [0, 0.05) is 0 Å². The summed E-state index contributed by atoms with van der Waals surface area (Å²) in [6, 6.07) is 22.3. The monoisotopic (exact) mass is 592 g/mol. The van der Waals surface area contributed by atoms with Gasteiger partial charge in [0.2, 0.25) is 0 Å². The van der Waals surface area contributed by atoms with E-state index in [2.05, 4.69) is 114 Å². The molecule has 2 atom stereocenters.